The smallest absolute Gasteiger partial charge is 0.290 e. The van der Waals surface area contributed by atoms with Crippen LogP contribution in [0, 0.1) is 0 Å². The average molecular weight is 454 g/mol. The molecule has 1 aliphatic rings. The number of fused-ring (bicyclic) bond motifs is 2. The first-order valence-corrected chi connectivity index (χ1v) is 10.9. The molecular weight excluding hydrogens is 432 g/mol. The fourth-order valence-electron chi connectivity index (χ4n) is 4.34. The third-order valence-electron chi connectivity index (χ3n) is 5.93. The lowest BCUT2D eigenvalue weighted by Crippen LogP contribution is -2.31. The Kier molecular flexibility index (Phi) is 5.59. The van der Waals surface area contributed by atoms with Crippen molar-refractivity contribution in [2.24, 2.45) is 5.73 Å². The minimum atomic E-state index is -0.600. The van der Waals surface area contributed by atoms with Gasteiger partial charge in [0.05, 0.1) is 17.0 Å². The van der Waals surface area contributed by atoms with Crippen molar-refractivity contribution in [2.45, 2.75) is 12.5 Å². The fraction of sp³-hybridized carbons (Fsp3) is 0.148. The van der Waals surface area contributed by atoms with E-state index in [1.807, 2.05) is 30.3 Å². The van der Waals surface area contributed by atoms with Crippen molar-refractivity contribution < 1.29 is 18.7 Å². The van der Waals surface area contributed by atoms with Gasteiger partial charge in [-0.15, -0.1) is 0 Å². The largest absolute Gasteiger partial charge is 0.484 e. The highest BCUT2D eigenvalue weighted by molar-refractivity contribution is 5.99. The number of hydrogen-bond donors (Lipinski definition) is 1. The van der Waals surface area contributed by atoms with E-state index >= 15 is 0 Å². The molecule has 34 heavy (non-hydrogen) atoms. The van der Waals surface area contributed by atoms with Crippen LogP contribution in [0.5, 0.6) is 5.75 Å². The molecule has 0 radical (unpaired) electrons. The summed E-state index contributed by atoms with van der Waals surface area (Å²) < 4.78 is 11.3. The summed E-state index contributed by atoms with van der Waals surface area (Å²) in [4.78, 5) is 39.6. The lowest BCUT2D eigenvalue weighted by Gasteiger charge is -2.25. The number of carbonyl (C=O) groups is 2. The molecule has 1 unspecified atom stereocenters. The molecule has 0 saturated carbocycles. The Balaban J connectivity index is 1.57. The van der Waals surface area contributed by atoms with Crippen LogP contribution in [0.2, 0.25) is 0 Å². The van der Waals surface area contributed by atoms with E-state index in [2.05, 4.69) is 0 Å². The highest BCUT2D eigenvalue weighted by Crippen LogP contribution is 2.38. The third kappa shape index (κ3) is 3.92. The van der Waals surface area contributed by atoms with Crippen molar-refractivity contribution in [2.75, 3.05) is 13.2 Å². The lowest BCUT2D eigenvalue weighted by molar-refractivity contribution is -0.119. The predicted octanol–water partition coefficient (Wildman–Crippen LogP) is 3.45. The molecule has 0 aliphatic carbocycles. The maximum Gasteiger partial charge on any atom is 0.290 e. The minimum absolute atomic E-state index is 0.0795. The van der Waals surface area contributed by atoms with Gasteiger partial charge < -0.3 is 19.8 Å². The zero-order valence-electron chi connectivity index (χ0n) is 18.3. The number of primary amides is 1. The number of nitrogens with two attached hydrogens (primary N) is 1. The number of hydrogen-bond acceptors (Lipinski definition) is 5. The summed E-state index contributed by atoms with van der Waals surface area (Å²) >= 11 is 0. The quantitative estimate of drug-likeness (QED) is 0.461. The second kappa shape index (κ2) is 8.86. The Morgan fingerprint density at radius 3 is 2.38 bits per heavy atom. The number of ether oxygens (including phenoxy) is 1. The van der Waals surface area contributed by atoms with E-state index in [9.17, 15) is 14.4 Å². The van der Waals surface area contributed by atoms with Crippen molar-refractivity contribution in [1.82, 2.24) is 4.90 Å². The molecule has 2 amide bonds. The van der Waals surface area contributed by atoms with Crippen LogP contribution in [0.1, 0.15) is 33.3 Å². The standard InChI is InChI=1S/C27H22N2O5/c28-22(30)16-33-19-12-10-18(11-13-19)24-23-25(31)20-8-4-5-9-21(20)34-26(23)27(32)29(24)15-14-17-6-2-1-3-7-17/h1-13,24H,14-16H2,(H2,28,30). The van der Waals surface area contributed by atoms with E-state index in [-0.39, 0.29) is 23.7 Å². The van der Waals surface area contributed by atoms with Crippen molar-refractivity contribution in [3.63, 3.8) is 0 Å². The monoisotopic (exact) mass is 454 g/mol. The van der Waals surface area contributed by atoms with Gasteiger partial charge in [0, 0.05) is 6.54 Å². The second-order valence-electron chi connectivity index (χ2n) is 8.13. The predicted molar refractivity (Wildman–Crippen MR) is 127 cm³/mol. The molecule has 4 aromatic rings. The van der Waals surface area contributed by atoms with E-state index in [1.54, 1.807) is 53.4 Å². The van der Waals surface area contributed by atoms with Crippen LogP contribution in [-0.2, 0) is 11.2 Å². The molecule has 2 N–H and O–H groups in total. The number of para-hydroxylation sites is 1. The molecule has 170 valence electrons. The van der Waals surface area contributed by atoms with Crippen molar-refractivity contribution in [3.05, 3.63) is 112 Å². The Labute approximate surface area is 195 Å². The molecular formula is C27H22N2O5. The van der Waals surface area contributed by atoms with E-state index in [0.717, 1.165) is 11.1 Å². The van der Waals surface area contributed by atoms with Gasteiger partial charge in [-0.25, -0.2) is 0 Å². The number of nitrogens with zero attached hydrogens (tertiary/aromatic N) is 1. The van der Waals surface area contributed by atoms with Gasteiger partial charge >= 0.3 is 0 Å². The number of carbonyl (C=O) groups excluding carboxylic acids is 2. The zero-order valence-corrected chi connectivity index (χ0v) is 18.3. The summed E-state index contributed by atoms with van der Waals surface area (Å²) in [5, 5.41) is 0.436. The third-order valence-corrected chi connectivity index (χ3v) is 5.93. The normalized spacial score (nSPS) is 14.9. The van der Waals surface area contributed by atoms with Gasteiger partial charge in [0.1, 0.15) is 11.3 Å². The Hall–Kier alpha value is -4.39. The summed E-state index contributed by atoms with van der Waals surface area (Å²) in [7, 11) is 0. The average Bonchev–Trinajstić information content (AvgIpc) is 3.14. The van der Waals surface area contributed by atoms with Crippen LogP contribution < -0.4 is 15.9 Å². The molecule has 1 aromatic heterocycles. The summed E-state index contributed by atoms with van der Waals surface area (Å²) in [6, 6.07) is 23.2. The first kappa shape index (κ1) is 21.5. The Bertz CT molecular complexity index is 1430. The molecule has 0 saturated heterocycles. The van der Waals surface area contributed by atoms with Gasteiger partial charge in [-0.1, -0.05) is 54.6 Å². The van der Waals surface area contributed by atoms with Crippen molar-refractivity contribution in [3.8, 4) is 5.75 Å². The molecule has 0 spiro atoms. The molecule has 0 bridgehead atoms. The molecule has 5 rings (SSSR count). The molecule has 1 atom stereocenters. The van der Waals surface area contributed by atoms with Gasteiger partial charge in [0.25, 0.3) is 11.8 Å². The van der Waals surface area contributed by atoms with Gasteiger partial charge in [-0.2, -0.15) is 0 Å². The lowest BCUT2D eigenvalue weighted by atomic mass is 9.98. The summed E-state index contributed by atoms with van der Waals surface area (Å²) in [5.74, 6) is -0.340. The molecule has 7 heteroatoms. The summed E-state index contributed by atoms with van der Waals surface area (Å²) in [6.45, 7) is 0.177. The molecule has 7 nitrogen and oxygen atoms in total. The SMILES string of the molecule is NC(=O)COc1ccc(C2c3c(oc4ccccc4c3=O)C(=O)N2CCc2ccccc2)cc1. The fourth-order valence-corrected chi connectivity index (χ4v) is 4.34. The van der Waals surface area contributed by atoms with E-state index in [4.69, 9.17) is 14.9 Å². The van der Waals surface area contributed by atoms with Gasteiger partial charge in [0.2, 0.25) is 5.76 Å². The number of benzene rings is 3. The second-order valence-corrected chi connectivity index (χ2v) is 8.13. The van der Waals surface area contributed by atoms with Crippen LogP contribution in [0.25, 0.3) is 11.0 Å². The zero-order chi connectivity index (χ0) is 23.7. The highest BCUT2D eigenvalue weighted by Gasteiger charge is 2.42. The Morgan fingerprint density at radius 1 is 0.941 bits per heavy atom. The molecule has 1 aliphatic heterocycles. The van der Waals surface area contributed by atoms with Gasteiger partial charge in [-0.3, -0.25) is 14.4 Å². The highest BCUT2D eigenvalue weighted by atomic mass is 16.5. The number of rotatable bonds is 7. The van der Waals surface area contributed by atoms with E-state index in [1.165, 1.54) is 0 Å². The first-order chi connectivity index (χ1) is 16.5. The molecule has 2 heterocycles. The summed E-state index contributed by atoms with van der Waals surface area (Å²) in [5.41, 5.74) is 7.49. The maximum absolute atomic E-state index is 13.5. The Morgan fingerprint density at radius 2 is 1.65 bits per heavy atom. The van der Waals surface area contributed by atoms with Gasteiger partial charge in [0.15, 0.2) is 12.0 Å². The van der Waals surface area contributed by atoms with Crippen LogP contribution >= 0.6 is 0 Å². The summed E-state index contributed by atoms with van der Waals surface area (Å²) in [6.07, 6.45) is 0.630. The van der Waals surface area contributed by atoms with Gasteiger partial charge in [-0.05, 0) is 41.8 Å². The maximum atomic E-state index is 13.5. The van der Waals surface area contributed by atoms with E-state index < -0.39 is 11.9 Å². The van der Waals surface area contributed by atoms with Crippen LogP contribution in [-0.4, -0.2) is 29.9 Å². The van der Waals surface area contributed by atoms with Crippen LogP contribution in [0.15, 0.2) is 88.1 Å². The van der Waals surface area contributed by atoms with Crippen LogP contribution in [0.4, 0.5) is 0 Å². The van der Waals surface area contributed by atoms with Crippen LogP contribution in [0.3, 0.4) is 0 Å². The first-order valence-electron chi connectivity index (χ1n) is 10.9. The van der Waals surface area contributed by atoms with Crippen molar-refractivity contribution in [1.29, 1.82) is 0 Å². The van der Waals surface area contributed by atoms with Crippen molar-refractivity contribution >= 4 is 22.8 Å². The minimum Gasteiger partial charge on any atom is -0.484 e. The molecule has 3 aromatic carbocycles. The molecule has 0 fully saturated rings. The number of amides is 2. The topological polar surface area (TPSA) is 103 Å². The van der Waals surface area contributed by atoms with E-state index in [0.29, 0.717) is 35.2 Å².